The quantitative estimate of drug-likeness (QED) is 0.428. The van der Waals surface area contributed by atoms with Crippen molar-refractivity contribution in [1.82, 2.24) is 5.43 Å². The van der Waals surface area contributed by atoms with Crippen LogP contribution in [-0.2, 0) is 9.59 Å². The average molecular weight is 494 g/mol. The molecule has 1 N–H and O–H groups in total. The van der Waals surface area contributed by atoms with E-state index in [4.69, 9.17) is 21.1 Å². The normalized spacial score (nSPS) is 16.0. The van der Waals surface area contributed by atoms with Crippen LogP contribution in [0.4, 0.5) is 5.69 Å². The number of nitrogens with zero attached hydrogens (tertiary/aromatic N) is 1. The Morgan fingerprint density at radius 3 is 2.57 bits per heavy atom. The van der Waals surface area contributed by atoms with Crippen LogP contribution in [-0.4, -0.2) is 24.5 Å². The number of nitrogens with one attached hydrogen (secondary N) is 1. The summed E-state index contributed by atoms with van der Waals surface area (Å²) in [5.74, 6) is -0.0736. The Morgan fingerprint density at radius 2 is 1.93 bits per heavy atom. The molecule has 0 aliphatic carbocycles. The molecule has 1 saturated heterocycles. The van der Waals surface area contributed by atoms with Gasteiger partial charge in [0.1, 0.15) is 10.6 Å². The van der Waals surface area contributed by atoms with Crippen LogP contribution in [0.3, 0.4) is 0 Å². The van der Waals surface area contributed by atoms with Crippen molar-refractivity contribution in [3.05, 3.63) is 57.0 Å². The molecular weight excluding hydrogens is 472 g/mol. The first-order chi connectivity index (χ1) is 14.4. The lowest BCUT2D eigenvalue weighted by atomic mass is 10.1. The maximum atomic E-state index is 12.8. The van der Waals surface area contributed by atoms with Gasteiger partial charge >= 0.3 is 0 Å². The molecule has 0 aromatic heterocycles. The third-order valence-corrected chi connectivity index (χ3v) is 6.00. The third kappa shape index (κ3) is 4.47. The van der Waals surface area contributed by atoms with Gasteiger partial charge in [-0.15, -0.1) is 0 Å². The summed E-state index contributed by atoms with van der Waals surface area (Å²) in [7, 11) is 0. The van der Waals surface area contributed by atoms with Crippen molar-refractivity contribution in [2.24, 2.45) is 0 Å². The van der Waals surface area contributed by atoms with Crippen LogP contribution in [0.5, 0.6) is 11.5 Å². The van der Waals surface area contributed by atoms with Crippen LogP contribution < -0.4 is 19.9 Å². The summed E-state index contributed by atoms with van der Waals surface area (Å²) in [6, 6.07) is 10.6. The summed E-state index contributed by atoms with van der Waals surface area (Å²) in [6.07, 6.45) is 2.24. The van der Waals surface area contributed by atoms with E-state index < -0.39 is 11.8 Å². The topological polar surface area (TPSA) is 67.9 Å². The zero-order chi connectivity index (χ0) is 21.8. The molecule has 0 spiro atoms. The Kier molecular flexibility index (Phi) is 7.05. The van der Waals surface area contributed by atoms with Gasteiger partial charge in [0.15, 0.2) is 11.5 Å². The van der Waals surface area contributed by atoms with E-state index >= 15 is 0 Å². The first-order valence-electron chi connectivity index (χ1n) is 9.60. The zero-order valence-corrected chi connectivity index (χ0v) is 19.2. The van der Waals surface area contributed by atoms with Crippen molar-refractivity contribution in [1.29, 1.82) is 0 Å². The predicted octanol–water partition coefficient (Wildman–Crippen LogP) is 5.14. The number of ether oxygens (including phenoxy) is 2. The Labute approximate surface area is 188 Å². The Bertz CT molecular complexity index is 994. The minimum absolute atomic E-state index is 0.00587. The van der Waals surface area contributed by atoms with E-state index in [0.717, 1.165) is 6.42 Å². The molecule has 0 bridgehead atoms. The van der Waals surface area contributed by atoms with Crippen LogP contribution >= 0.6 is 27.5 Å². The standard InChI is InChI=1S/C22H22BrClN2O4/c1-4-13(3)30-20-17(29-5-2)12-14(18(23)19(20)24)11-16-21(27)25-26(22(16)28)15-9-7-6-8-10-15/h6-13H,4-5H2,1-3H3,(H,25,27)/b16-11-/t13-/m1/s1. The Balaban J connectivity index is 2.02. The molecule has 0 saturated carbocycles. The minimum atomic E-state index is -0.496. The second kappa shape index (κ2) is 9.53. The van der Waals surface area contributed by atoms with Crippen molar-refractivity contribution in [3.63, 3.8) is 0 Å². The van der Waals surface area contributed by atoms with Gasteiger partial charge in [-0.1, -0.05) is 36.7 Å². The van der Waals surface area contributed by atoms with Gasteiger partial charge in [-0.3, -0.25) is 15.0 Å². The Hall–Kier alpha value is -2.51. The summed E-state index contributed by atoms with van der Waals surface area (Å²) in [5, 5.41) is 1.53. The maximum Gasteiger partial charge on any atom is 0.282 e. The van der Waals surface area contributed by atoms with E-state index in [1.165, 1.54) is 11.1 Å². The van der Waals surface area contributed by atoms with Crippen LogP contribution in [0, 0.1) is 0 Å². The lowest BCUT2D eigenvalue weighted by molar-refractivity contribution is -0.117. The molecule has 30 heavy (non-hydrogen) atoms. The van der Waals surface area contributed by atoms with Crippen molar-refractivity contribution < 1.29 is 19.1 Å². The van der Waals surface area contributed by atoms with Gasteiger partial charge < -0.3 is 9.47 Å². The van der Waals surface area contributed by atoms with Crippen molar-refractivity contribution in [3.8, 4) is 11.5 Å². The summed E-state index contributed by atoms with van der Waals surface area (Å²) in [5.41, 5.74) is 3.68. The van der Waals surface area contributed by atoms with Gasteiger partial charge in [0, 0.05) is 4.47 Å². The molecule has 2 aromatic rings. The number of halogens is 2. The highest BCUT2D eigenvalue weighted by Gasteiger charge is 2.34. The highest BCUT2D eigenvalue weighted by Crippen LogP contribution is 2.44. The van der Waals surface area contributed by atoms with Gasteiger partial charge in [-0.05, 0) is 66.0 Å². The molecule has 1 fully saturated rings. The lowest BCUT2D eigenvalue weighted by Crippen LogP contribution is -2.35. The maximum absolute atomic E-state index is 12.8. The molecule has 2 aromatic carbocycles. The molecule has 1 aliphatic rings. The number of hydrazine groups is 1. The number of anilines is 1. The number of para-hydroxylation sites is 1. The van der Waals surface area contributed by atoms with Crippen LogP contribution in [0.1, 0.15) is 32.8 Å². The smallest absolute Gasteiger partial charge is 0.282 e. The number of amides is 2. The molecule has 6 nitrogen and oxygen atoms in total. The van der Waals surface area contributed by atoms with Crippen molar-refractivity contribution in [2.75, 3.05) is 11.6 Å². The fourth-order valence-electron chi connectivity index (χ4n) is 2.84. The van der Waals surface area contributed by atoms with E-state index in [-0.39, 0.29) is 11.7 Å². The first-order valence-corrected chi connectivity index (χ1v) is 10.8. The van der Waals surface area contributed by atoms with E-state index in [0.29, 0.717) is 38.9 Å². The van der Waals surface area contributed by atoms with E-state index in [9.17, 15) is 9.59 Å². The second-order valence-corrected chi connectivity index (χ2v) is 7.84. The molecular formula is C22H22BrClN2O4. The number of carbonyl (C=O) groups excluding carboxylic acids is 2. The van der Waals surface area contributed by atoms with Gasteiger partial charge in [0.2, 0.25) is 0 Å². The molecule has 1 atom stereocenters. The molecule has 1 aliphatic heterocycles. The largest absolute Gasteiger partial charge is 0.490 e. The van der Waals surface area contributed by atoms with Crippen molar-refractivity contribution >= 4 is 51.1 Å². The molecule has 3 rings (SSSR count). The van der Waals surface area contributed by atoms with Gasteiger partial charge in [0.05, 0.1) is 18.4 Å². The zero-order valence-electron chi connectivity index (χ0n) is 16.9. The minimum Gasteiger partial charge on any atom is -0.490 e. The molecule has 158 valence electrons. The Morgan fingerprint density at radius 1 is 1.23 bits per heavy atom. The lowest BCUT2D eigenvalue weighted by Gasteiger charge is -2.19. The second-order valence-electron chi connectivity index (χ2n) is 6.67. The molecule has 1 heterocycles. The van der Waals surface area contributed by atoms with Gasteiger partial charge in [0.25, 0.3) is 11.8 Å². The van der Waals surface area contributed by atoms with Gasteiger partial charge in [-0.2, -0.15) is 0 Å². The predicted molar refractivity (Wildman–Crippen MR) is 121 cm³/mol. The molecule has 2 amide bonds. The van der Waals surface area contributed by atoms with E-state index in [1.54, 1.807) is 30.3 Å². The van der Waals surface area contributed by atoms with E-state index in [2.05, 4.69) is 21.4 Å². The highest BCUT2D eigenvalue weighted by atomic mass is 79.9. The van der Waals surface area contributed by atoms with E-state index in [1.807, 2.05) is 26.8 Å². The first kappa shape index (κ1) is 22.2. The van der Waals surface area contributed by atoms with Gasteiger partial charge in [-0.25, -0.2) is 5.01 Å². The fourth-order valence-corrected chi connectivity index (χ4v) is 3.49. The number of hydrogen-bond donors (Lipinski definition) is 1. The number of hydrogen-bond acceptors (Lipinski definition) is 4. The van der Waals surface area contributed by atoms with Crippen LogP contribution in [0.25, 0.3) is 6.08 Å². The average Bonchev–Trinajstić information content (AvgIpc) is 3.03. The SMILES string of the molecule is CCOc1cc(/C=C2/C(=O)NN(c3ccccc3)C2=O)c(Br)c(Cl)c1O[C@H](C)CC. The number of benzene rings is 2. The molecule has 0 unspecified atom stereocenters. The van der Waals surface area contributed by atoms with Crippen molar-refractivity contribution in [2.45, 2.75) is 33.3 Å². The number of rotatable bonds is 7. The third-order valence-electron chi connectivity index (χ3n) is 4.56. The highest BCUT2D eigenvalue weighted by molar-refractivity contribution is 9.10. The molecule has 0 radical (unpaired) electrons. The monoisotopic (exact) mass is 492 g/mol. The number of carbonyl (C=O) groups is 2. The summed E-state index contributed by atoms with van der Waals surface area (Å²) in [4.78, 5) is 25.3. The fraction of sp³-hybridized carbons (Fsp3) is 0.273. The summed E-state index contributed by atoms with van der Waals surface area (Å²) >= 11 is 10.0. The summed E-state index contributed by atoms with van der Waals surface area (Å²) in [6.45, 7) is 6.21. The van der Waals surface area contributed by atoms with Crippen LogP contribution in [0.15, 0.2) is 46.4 Å². The molecule has 8 heteroatoms. The van der Waals surface area contributed by atoms with Crippen LogP contribution in [0.2, 0.25) is 5.02 Å². The summed E-state index contributed by atoms with van der Waals surface area (Å²) < 4.78 is 12.2.